The third-order valence-corrected chi connectivity index (χ3v) is 4.61. The Balaban J connectivity index is 1.51. The summed E-state index contributed by atoms with van der Waals surface area (Å²) < 4.78 is 1.77. The molecule has 1 aromatic heterocycles. The lowest BCUT2D eigenvalue weighted by molar-refractivity contribution is -0.135. The maximum atomic E-state index is 12.5. The molecule has 3 rings (SSSR count). The molecule has 24 heavy (non-hydrogen) atoms. The van der Waals surface area contributed by atoms with Gasteiger partial charge >= 0.3 is 0 Å². The zero-order chi connectivity index (χ0) is 16.8. The topological polar surface area (TPSA) is 55.2 Å². The average molecular weight is 325 g/mol. The molecule has 126 valence electrons. The molecule has 0 bridgehead atoms. The van der Waals surface area contributed by atoms with Crippen molar-refractivity contribution in [1.29, 1.82) is 0 Å². The number of benzene rings is 1. The fraction of sp³-hybridized carbons (Fsp3) is 0.421. The van der Waals surface area contributed by atoms with Gasteiger partial charge < -0.3 is 9.47 Å². The molecule has 5 heteroatoms. The molecular formula is C19H23N3O2. The van der Waals surface area contributed by atoms with Crippen LogP contribution >= 0.6 is 0 Å². The molecule has 1 aliphatic heterocycles. The van der Waals surface area contributed by atoms with Crippen LogP contribution in [-0.4, -0.2) is 39.2 Å². The van der Waals surface area contributed by atoms with E-state index in [0.29, 0.717) is 19.5 Å². The van der Waals surface area contributed by atoms with Crippen LogP contribution in [0.1, 0.15) is 24.8 Å². The molecule has 0 radical (unpaired) electrons. The molecule has 5 nitrogen and oxygen atoms in total. The quantitative estimate of drug-likeness (QED) is 0.819. The maximum absolute atomic E-state index is 12.5. The number of carbonyl (C=O) groups is 2. The van der Waals surface area contributed by atoms with E-state index in [1.807, 2.05) is 23.1 Å². The molecule has 2 heterocycles. The average Bonchev–Trinajstić information content (AvgIpc) is 3.13. The first-order valence-corrected chi connectivity index (χ1v) is 8.52. The Kier molecular flexibility index (Phi) is 5.41. The van der Waals surface area contributed by atoms with Crippen LogP contribution in [0.25, 0.3) is 0 Å². The maximum Gasteiger partial charge on any atom is 0.242 e. The van der Waals surface area contributed by atoms with Gasteiger partial charge in [0.25, 0.3) is 0 Å². The summed E-state index contributed by atoms with van der Waals surface area (Å²) in [4.78, 5) is 30.7. The van der Waals surface area contributed by atoms with Gasteiger partial charge in [-0.1, -0.05) is 30.3 Å². The molecule has 1 aliphatic rings. The van der Waals surface area contributed by atoms with E-state index in [-0.39, 0.29) is 17.6 Å². The molecule has 1 fully saturated rings. The summed E-state index contributed by atoms with van der Waals surface area (Å²) >= 11 is 0. The first-order valence-electron chi connectivity index (χ1n) is 8.52. The van der Waals surface area contributed by atoms with Crippen LogP contribution in [-0.2, 0) is 22.6 Å². The van der Waals surface area contributed by atoms with E-state index < -0.39 is 0 Å². The number of hydrogen-bond acceptors (Lipinski definition) is 3. The highest BCUT2D eigenvalue weighted by atomic mass is 16.2. The van der Waals surface area contributed by atoms with Gasteiger partial charge in [0, 0.05) is 37.8 Å². The number of amides is 1. The molecule has 1 atom stereocenters. The zero-order valence-electron chi connectivity index (χ0n) is 13.8. The van der Waals surface area contributed by atoms with E-state index in [4.69, 9.17) is 0 Å². The van der Waals surface area contributed by atoms with Crippen molar-refractivity contribution in [2.45, 2.75) is 32.2 Å². The number of imidazole rings is 1. The Morgan fingerprint density at radius 2 is 2.04 bits per heavy atom. The predicted molar refractivity (Wildman–Crippen MR) is 91.3 cm³/mol. The molecule has 2 aromatic rings. The van der Waals surface area contributed by atoms with E-state index in [1.54, 1.807) is 23.3 Å². The van der Waals surface area contributed by atoms with Crippen LogP contribution in [0.5, 0.6) is 0 Å². The van der Waals surface area contributed by atoms with Gasteiger partial charge in [-0.2, -0.15) is 0 Å². The Bertz CT molecular complexity index is 667. The van der Waals surface area contributed by atoms with Gasteiger partial charge in [0.05, 0.1) is 6.33 Å². The number of ketones is 1. The normalized spacial score (nSPS) is 17.7. The second kappa shape index (κ2) is 7.90. The standard InChI is InChI=1S/C19H23N3O2/c23-18(9-8-16-5-2-1-3-6-16)17-7-4-11-22(13-17)19(24)14-21-12-10-20-15-21/h1-3,5-6,10,12,15,17H,4,7-9,11,13-14H2. The Labute approximate surface area is 142 Å². The van der Waals surface area contributed by atoms with Gasteiger partial charge in [-0.25, -0.2) is 4.98 Å². The highest BCUT2D eigenvalue weighted by Gasteiger charge is 2.27. The second-order valence-electron chi connectivity index (χ2n) is 6.37. The molecule has 1 aromatic carbocycles. The number of piperidine rings is 1. The summed E-state index contributed by atoms with van der Waals surface area (Å²) in [6, 6.07) is 10.1. The highest BCUT2D eigenvalue weighted by molar-refractivity contribution is 5.83. The van der Waals surface area contributed by atoms with Crippen LogP contribution in [0.15, 0.2) is 49.1 Å². The molecule has 1 unspecified atom stereocenters. The minimum absolute atomic E-state index is 0.0193. The van der Waals surface area contributed by atoms with Gasteiger partial charge in [0.15, 0.2) is 0 Å². The van der Waals surface area contributed by atoms with Crippen LogP contribution in [0, 0.1) is 5.92 Å². The summed E-state index contributed by atoms with van der Waals surface area (Å²) in [5, 5.41) is 0. The zero-order valence-corrected chi connectivity index (χ0v) is 13.8. The molecule has 1 saturated heterocycles. The van der Waals surface area contributed by atoms with Crippen molar-refractivity contribution >= 4 is 11.7 Å². The van der Waals surface area contributed by atoms with E-state index in [0.717, 1.165) is 25.8 Å². The lowest BCUT2D eigenvalue weighted by atomic mass is 9.90. The van der Waals surface area contributed by atoms with E-state index in [1.165, 1.54) is 5.56 Å². The number of rotatable bonds is 6. The fourth-order valence-corrected chi connectivity index (χ4v) is 3.22. The van der Waals surface area contributed by atoms with Crippen molar-refractivity contribution in [3.8, 4) is 0 Å². The van der Waals surface area contributed by atoms with E-state index >= 15 is 0 Å². The van der Waals surface area contributed by atoms with Gasteiger partial charge in [-0.05, 0) is 24.8 Å². The van der Waals surface area contributed by atoms with Crippen LogP contribution in [0.3, 0.4) is 0 Å². The number of aromatic nitrogens is 2. The minimum atomic E-state index is -0.0193. The lowest BCUT2D eigenvalue weighted by Gasteiger charge is -2.32. The van der Waals surface area contributed by atoms with Crippen molar-refractivity contribution in [3.05, 3.63) is 54.6 Å². The molecule has 0 aliphatic carbocycles. The van der Waals surface area contributed by atoms with Crippen molar-refractivity contribution in [2.24, 2.45) is 5.92 Å². The van der Waals surface area contributed by atoms with Crippen molar-refractivity contribution in [1.82, 2.24) is 14.5 Å². The number of aryl methyl sites for hydroxylation is 1. The molecule has 1 amide bonds. The fourth-order valence-electron chi connectivity index (χ4n) is 3.22. The second-order valence-corrected chi connectivity index (χ2v) is 6.37. The summed E-state index contributed by atoms with van der Waals surface area (Å²) in [6.45, 7) is 1.60. The Morgan fingerprint density at radius 1 is 1.21 bits per heavy atom. The molecule has 0 spiro atoms. The Hall–Kier alpha value is -2.43. The third kappa shape index (κ3) is 4.31. The van der Waals surface area contributed by atoms with Crippen LogP contribution in [0.4, 0.5) is 0 Å². The molecule has 0 saturated carbocycles. The first-order chi connectivity index (χ1) is 11.7. The van der Waals surface area contributed by atoms with Gasteiger partial charge in [0.2, 0.25) is 5.91 Å². The van der Waals surface area contributed by atoms with Crippen molar-refractivity contribution in [3.63, 3.8) is 0 Å². The third-order valence-electron chi connectivity index (χ3n) is 4.61. The summed E-state index contributed by atoms with van der Waals surface area (Å²) in [6.07, 6.45) is 8.21. The van der Waals surface area contributed by atoms with Crippen LogP contribution in [0.2, 0.25) is 0 Å². The SMILES string of the molecule is O=C(CCc1ccccc1)C1CCCN(C(=O)Cn2ccnc2)C1. The van der Waals surface area contributed by atoms with Gasteiger partial charge in [-0.15, -0.1) is 0 Å². The number of nitrogens with zero attached hydrogens (tertiary/aromatic N) is 3. The van der Waals surface area contributed by atoms with Crippen molar-refractivity contribution in [2.75, 3.05) is 13.1 Å². The number of hydrogen-bond donors (Lipinski definition) is 0. The summed E-state index contributed by atoms with van der Waals surface area (Å²) in [5.74, 6) is 0.321. The van der Waals surface area contributed by atoms with E-state index in [9.17, 15) is 9.59 Å². The highest BCUT2D eigenvalue weighted by Crippen LogP contribution is 2.20. The number of carbonyl (C=O) groups excluding carboxylic acids is 2. The summed E-state index contributed by atoms with van der Waals surface area (Å²) in [5.41, 5.74) is 1.19. The minimum Gasteiger partial charge on any atom is -0.340 e. The molecule has 0 N–H and O–H groups in total. The predicted octanol–water partition coefficient (Wildman–Crippen LogP) is 2.32. The first kappa shape index (κ1) is 16.4. The van der Waals surface area contributed by atoms with Gasteiger partial charge in [0.1, 0.15) is 12.3 Å². The monoisotopic (exact) mass is 325 g/mol. The summed E-state index contributed by atoms with van der Waals surface area (Å²) in [7, 11) is 0. The number of Topliss-reactive ketones (excluding diaryl/α,β-unsaturated/α-hetero) is 1. The number of likely N-dealkylation sites (tertiary alicyclic amines) is 1. The lowest BCUT2D eigenvalue weighted by Crippen LogP contribution is -2.43. The van der Waals surface area contributed by atoms with Crippen molar-refractivity contribution < 1.29 is 9.59 Å². The van der Waals surface area contributed by atoms with Gasteiger partial charge in [-0.3, -0.25) is 9.59 Å². The van der Waals surface area contributed by atoms with Crippen LogP contribution < -0.4 is 0 Å². The van der Waals surface area contributed by atoms with E-state index in [2.05, 4.69) is 17.1 Å². The largest absolute Gasteiger partial charge is 0.340 e. The molecular weight excluding hydrogens is 302 g/mol. The Morgan fingerprint density at radius 3 is 2.79 bits per heavy atom. The smallest absolute Gasteiger partial charge is 0.242 e.